The van der Waals surface area contributed by atoms with E-state index in [9.17, 15) is 8.42 Å². The van der Waals surface area contributed by atoms with Crippen molar-refractivity contribution >= 4 is 10.2 Å². The molecule has 0 aromatic carbocycles. The highest BCUT2D eigenvalue weighted by atomic mass is 32.2. The molecular weight excluding hydrogens is 404 g/mol. The van der Waals surface area contributed by atoms with Gasteiger partial charge in [-0.2, -0.15) is 17.0 Å². The maximum Gasteiger partial charge on any atom is 0.282 e. The van der Waals surface area contributed by atoms with Crippen molar-refractivity contribution in [3.63, 3.8) is 0 Å². The topological polar surface area (TPSA) is 98.0 Å². The summed E-state index contributed by atoms with van der Waals surface area (Å²) in [7, 11) is -3.53. The van der Waals surface area contributed by atoms with Gasteiger partial charge < -0.3 is 15.2 Å². The van der Waals surface area contributed by atoms with Crippen molar-refractivity contribution in [3.05, 3.63) is 23.9 Å². The Kier molecular flexibility index (Phi) is 7.25. The van der Waals surface area contributed by atoms with Crippen LogP contribution < -0.4 is 10.5 Å². The van der Waals surface area contributed by atoms with Crippen LogP contribution >= 0.6 is 0 Å². The fourth-order valence-electron chi connectivity index (χ4n) is 5.07. The van der Waals surface area contributed by atoms with Crippen molar-refractivity contribution in [1.29, 1.82) is 0 Å². The summed E-state index contributed by atoms with van der Waals surface area (Å²) in [5, 5.41) is 0. The fraction of sp³-hybridized carbons (Fsp3) is 0.762. The number of nitrogens with zero attached hydrogens (tertiary/aromatic N) is 3. The fourth-order valence-corrected chi connectivity index (χ4v) is 6.88. The van der Waals surface area contributed by atoms with Crippen LogP contribution in [0, 0.1) is 11.8 Å². The third kappa shape index (κ3) is 4.96. The molecule has 2 aliphatic heterocycles. The minimum atomic E-state index is -3.53. The largest absolute Gasteiger partial charge is 0.476 e. The Labute approximate surface area is 179 Å². The smallest absolute Gasteiger partial charge is 0.282 e. The molecular formula is C21H34N4O4S. The van der Waals surface area contributed by atoms with Gasteiger partial charge in [0.05, 0.1) is 19.3 Å². The number of rotatable bonds is 7. The normalized spacial score (nSPS) is 27.4. The molecule has 0 unspecified atom stereocenters. The predicted octanol–water partition coefficient (Wildman–Crippen LogP) is 1.77. The first kappa shape index (κ1) is 22.0. The maximum atomic E-state index is 13.4. The number of hydrogen-bond donors (Lipinski definition) is 1. The summed E-state index contributed by atoms with van der Waals surface area (Å²) < 4.78 is 41.5. The van der Waals surface area contributed by atoms with Crippen LogP contribution in [0.25, 0.3) is 0 Å². The lowest BCUT2D eigenvalue weighted by molar-refractivity contribution is 0.0692. The summed E-state index contributed by atoms with van der Waals surface area (Å²) >= 11 is 0. The number of aromatic nitrogens is 1. The Bertz CT molecular complexity index is 794. The molecule has 0 radical (unpaired) electrons. The Morgan fingerprint density at radius 3 is 2.67 bits per heavy atom. The summed E-state index contributed by atoms with van der Waals surface area (Å²) in [6.07, 6.45) is 8.77. The standard InChI is InChI=1S/C21H34N4O4S/c22-14-17-6-7-23-21(12-17)29-16-20-13-19(18-4-2-1-3-5-18)15-25(20)30(26,27)24-8-10-28-11-9-24/h6-7,12,18-20H,1-5,8-11,13-16,22H2/t19-,20+/m1/s1. The first-order chi connectivity index (χ1) is 14.6. The van der Waals surface area contributed by atoms with Gasteiger partial charge in [-0.3, -0.25) is 0 Å². The number of morpholine rings is 1. The van der Waals surface area contributed by atoms with E-state index < -0.39 is 10.2 Å². The zero-order valence-electron chi connectivity index (χ0n) is 17.6. The number of hydrogen-bond acceptors (Lipinski definition) is 6. The van der Waals surface area contributed by atoms with E-state index >= 15 is 0 Å². The van der Waals surface area contributed by atoms with Crippen LogP contribution in [0.2, 0.25) is 0 Å². The lowest BCUT2D eigenvalue weighted by atomic mass is 9.79. The van der Waals surface area contributed by atoms with Crippen molar-refractivity contribution in [1.82, 2.24) is 13.6 Å². The van der Waals surface area contributed by atoms with Gasteiger partial charge in [-0.1, -0.05) is 32.1 Å². The Hall–Kier alpha value is -1.26. The van der Waals surface area contributed by atoms with Crippen LogP contribution in [-0.2, 0) is 21.5 Å². The van der Waals surface area contributed by atoms with Crippen molar-refractivity contribution in [2.24, 2.45) is 17.6 Å². The second kappa shape index (κ2) is 9.91. The van der Waals surface area contributed by atoms with Gasteiger partial charge in [0.2, 0.25) is 5.88 Å². The van der Waals surface area contributed by atoms with Crippen LogP contribution in [0.15, 0.2) is 18.3 Å². The summed E-state index contributed by atoms with van der Waals surface area (Å²) in [5.74, 6) is 1.52. The van der Waals surface area contributed by atoms with Gasteiger partial charge in [0.15, 0.2) is 0 Å². The zero-order chi connectivity index (χ0) is 21.0. The minimum Gasteiger partial charge on any atom is -0.476 e. The molecule has 2 N–H and O–H groups in total. The lowest BCUT2D eigenvalue weighted by Crippen LogP contribution is -2.51. The Balaban J connectivity index is 1.49. The SMILES string of the molecule is NCc1ccnc(OC[C@@H]2C[C@@H](C3CCCCC3)CN2S(=O)(=O)N2CCOCC2)c1. The van der Waals surface area contributed by atoms with Gasteiger partial charge in [-0.15, -0.1) is 0 Å². The summed E-state index contributed by atoms with van der Waals surface area (Å²) in [5.41, 5.74) is 6.66. The third-order valence-corrected chi connectivity index (χ3v) is 8.82. The van der Waals surface area contributed by atoms with E-state index in [1.165, 1.54) is 32.1 Å². The lowest BCUT2D eigenvalue weighted by Gasteiger charge is -2.33. The van der Waals surface area contributed by atoms with Crippen LogP contribution in [-0.4, -0.2) is 67.5 Å². The molecule has 2 saturated heterocycles. The average Bonchev–Trinajstić information content (AvgIpc) is 3.24. The summed E-state index contributed by atoms with van der Waals surface area (Å²) in [6, 6.07) is 3.51. The molecule has 1 aromatic heterocycles. The van der Waals surface area contributed by atoms with Gasteiger partial charge in [-0.25, -0.2) is 4.98 Å². The van der Waals surface area contributed by atoms with E-state index in [0.717, 1.165) is 12.0 Å². The first-order valence-electron chi connectivity index (χ1n) is 11.2. The van der Waals surface area contributed by atoms with Crippen LogP contribution in [0.3, 0.4) is 0 Å². The van der Waals surface area contributed by atoms with Crippen LogP contribution in [0.5, 0.6) is 5.88 Å². The first-order valence-corrected chi connectivity index (χ1v) is 12.6. The molecule has 3 heterocycles. The third-order valence-electron chi connectivity index (χ3n) is 6.76. The quantitative estimate of drug-likeness (QED) is 0.697. The van der Waals surface area contributed by atoms with E-state index in [4.69, 9.17) is 15.2 Å². The maximum absolute atomic E-state index is 13.4. The molecule has 0 spiro atoms. The van der Waals surface area contributed by atoms with E-state index in [-0.39, 0.29) is 6.04 Å². The second-order valence-corrected chi connectivity index (χ2v) is 10.5. The molecule has 9 heteroatoms. The average molecular weight is 439 g/mol. The second-order valence-electron chi connectivity index (χ2n) is 8.65. The molecule has 1 aromatic rings. The van der Waals surface area contributed by atoms with Gasteiger partial charge in [0.1, 0.15) is 6.61 Å². The van der Waals surface area contributed by atoms with Crippen molar-refractivity contribution < 1.29 is 17.9 Å². The van der Waals surface area contributed by atoms with Crippen LogP contribution in [0.4, 0.5) is 0 Å². The molecule has 1 aliphatic carbocycles. The van der Waals surface area contributed by atoms with E-state index in [2.05, 4.69) is 4.98 Å². The van der Waals surface area contributed by atoms with Crippen LogP contribution in [0.1, 0.15) is 44.1 Å². The van der Waals surface area contributed by atoms with Crippen molar-refractivity contribution in [3.8, 4) is 5.88 Å². The Morgan fingerprint density at radius 1 is 1.17 bits per heavy atom. The summed E-state index contributed by atoms with van der Waals surface area (Å²) in [4.78, 5) is 4.26. The number of ether oxygens (including phenoxy) is 2. The molecule has 2 atom stereocenters. The van der Waals surface area contributed by atoms with E-state index in [1.54, 1.807) is 14.8 Å². The van der Waals surface area contributed by atoms with Gasteiger partial charge in [-0.05, 0) is 29.9 Å². The van der Waals surface area contributed by atoms with Gasteiger partial charge in [0, 0.05) is 38.4 Å². The molecule has 1 saturated carbocycles. The highest BCUT2D eigenvalue weighted by molar-refractivity contribution is 7.86. The highest BCUT2D eigenvalue weighted by Crippen LogP contribution is 2.39. The molecule has 8 nitrogen and oxygen atoms in total. The molecule has 3 fully saturated rings. The predicted molar refractivity (Wildman–Crippen MR) is 114 cm³/mol. The molecule has 4 rings (SSSR count). The van der Waals surface area contributed by atoms with Gasteiger partial charge >= 0.3 is 0 Å². The zero-order valence-corrected chi connectivity index (χ0v) is 18.4. The summed E-state index contributed by atoms with van der Waals surface area (Å²) in [6.45, 7) is 3.07. The Morgan fingerprint density at radius 2 is 1.93 bits per heavy atom. The van der Waals surface area contributed by atoms with E-state index in [0.29, 0.717) is 63.7 Å². The highest BCUT2D eigenvalue weighted by Gasteiger charge is 2.45. The molecule has 30 heavy (non-hydrogen) atoms. The van der Waals surface area contributed by atoms with E-state index in [1.807, 2.05) is 12.1 Å². The molecule has 0 amide bonds. The van der Waals surface area contributed by atoms with Crippen molar-refractivity contribution in [2.45, 2.75) is 51.1 Å². The molecule has 0 bridgehead atoms. The van der Waals surface area contributed by atoms with Gasteiger partial charge in [0.25, 0.3) is 10.2 Å². The van der Waals surface area contributed by atoms with Crippen molar-refractivity contribution in [2.75, 3.05) is 39.5 Å². The number of pyridine rings is 1. The molecule has 3 aliphatic rings. The number of nitrogens with two attached hydrogens (primary N) is 1. The molecule has 168 valence electrons. The monoisotopic (exact) mass is 438 g/mol. The minimum absolute atomic E-state index is 0.173.